The smallest absolute Gasteiger partial charge is 0.258 e. The first kappa shape index (κ1) is 42.2. The number of hydrogen-bond acceptors (Lipinski definition) is 8. The van der Waals surface area contributed by atoms with Crippen molar-refractivity contribution in [1.82, 2.24) is 0 Å². The molecule has 2 heterocycles. The number of rotatable bonds is 8. The Bertz CT molecular complexity index is 2640. The molecule has 0 aromatic heterocycles. The number of halogens is 8. The molecular formula is C43H30BrCl2F5N2O8. The van der Waals surface area contributed by atoms with Crippen molar-refractivity contribution >= 4 is 86.3 Å². The largest absolute Gasteiger partial charge is 0.504 e. The lowest BCUT2D eigenvalue weighted by atomic mass is 9.56. The quantitative estimate of drug-likeness (QED) is 0.0354. The summed E-state index contributed by atoms with van der Waals surface area (Å²) in [4.78, 5) is 53.0. The minimum atomic E-state index is -2.84. The Labute approximate surface area is 362 Å². The molecule has 2 aliphatic carbocycles. The Hall–Kier alpha value is -5.45. The number of benzene rings is 4. The monoisotopic (exact) mass is 946 g/mol. The number of methoxy groups -OCH3 is 3. The van der Waals surface area contributed by atoms with E-state index in [0.29, 0.717) is 17.1 Å². The summed E-state index contributed by atoms with van der Waals surface area (Å²) in [6, 6.07) is 14.4. The average Bonchev–Trinajstić information content (AvgIpc) is 3.59. The number of aromatic hydroxyl groups is 1. The average molecular weight is 949 g/mol. The molecule has 10 nitrogen and oxygen atoms in total. The fraction of sp³-hybridized carbons (Fsp3) is 0.256. The Morgan fingerprint density at radius 1 is 0.754 bits per heavy atom. The lowest BCUT2D eigenvalue weighted by Gasteiger charge is -2.50. The third-order valence-electron chi connectivity index (χ3n) is 11.9. The standard InChI is InChI=1S/C43H30BrCl2F5N2O8/c1-59-22-10-13-27(60-2)19(14-22)7-4-18-5-8-21(9-6-18)52-38(55)24-12-11-23-26(29(24)39(52)56)17-42(45)40(57)53(36-34(50)32(48)31(47)33(49)35(36)51)41(58)43(42,46)30(23)25-15-20(44)16-28(61-3)37(25)54/h4-11,13-16,24,26,29-30,54H,12,17H2,1-3H3/t24-,26+,29-,30+,42+,43-/m0/s1. The lowest BCUT2D eigenvalue weighted by Crippen LogP contribution is -2.60. The van der Waals surface area contributed by atoms with E-state index in [4.69, 9.17) is 37.4 Å². The Morgan fingerprint density at radius 3 is 2.02 bits per heavy atom. The molecule has 18 heteroatoms. The first-order chi connectivity index (χ1) is 28.9. The Morgan fingerprint density at radius 2 is 1.39 bits per heavy atom. The van der Waals surface area contributed by atoms with Crippen molar-refractivity contribution < 1.29 is 60.4 Å². The number of carbonyl (C=O) groups excluding carboxylic acids is 4. The molecule has 6 atom stereocenters. The van der Waals surface area contributed by atoms with Gasteiger partial charge in [-0.3, -0.25) is 24.1 Å². The number of phenols is 1. The zero-order valence-corrected chi connectivity index (χ0v) is 35.0. The zero-order valence-electron chi connectivity index (χ0n) is 31.9. The fourth-order valence-corrected chi connectivity index (χ4v) is 10.4. The highest BCUT2D eigenvalue weighted by Crippen LogP contribution is 2.67. The first-order valence-corrected chi connectivity index (χ1v) is 19.9. The fourth-order valence-electron chi connectivity index (χ4n) is 9.03. The summed E-state index contributed by atoms with van der Waals surface area (Å²) in [6.45, 7) is 0. The van der Waals surface area contributed by atoms with Gasteiger partial charge < -0.3 is 19.3 Å². The number of hydrogen-bond donors (Lipinski definition) is 1. The molecule has 3 fully saturated rings. The van der Waals surface area contributed by atoms with Crippen molar-refractivity contribution in [3.05, 3.63) is 116 Å². The van der Waals surface area contributed by atoms with Crippen molar-refractivity contribution in [3.8, 4) is 23.0 Å². The molecule has 1 saturated carbocycles. The van der Waals surface area contributed by atoms with Gasteiger partial charge in [0.15, 0.2) is 44.5 Å². The predicted octanol–water partition coefficient (Wildman–Crippen LogP) is 8.81. The van der Waals surface area contributed by atoms with Gasteiger partial charge in [0.1, 0.15) is 17.2 Å². The highest BCUT2D eigenvalue weighted by molar-refractivity contribution is 9.10. The molecule has 4 aliphatic rings. The molecule has 0 radical (unpaired) electrons. The number of fused-ring (bicyclic) bond motifs is 4. The van der Waals surface area contributed by atoms with Crippen LogP contribution in [-0.4, -0.2) is 59.8 Å². The van der Waals surface area contributed by atoms with Crippen LogP contribution in [0.2, 0.25) is 0 Å². The van der Waals surface area contributed by atoms with Crippen molar-refractivity contribution in [1.29, 1.82) is 0 Å². The summed E-state index contributed by atoms with van der Waals surface area (Å²) in [6.07, 6.45) is 4.29. The summed E-state index contributed by atoms with van der Waals surface area (Å²) >= 11 is 17.7. The summed E-state index contributed by atoms with van der Waals surface area (Å²) in [5.74, 6) is -21.9. The molecular weight excluding hydrogens is 918 g/mol. The maximum Gasteiger partial charge on any atom is 0.258 e. The van der Waals surface area contributed by atoms with E-state index in [0.717, 1.165) is 10.5 Å². The molecule has 2 aliphatic heterocycles. The van der Waals surface area contributed by atoms with Gasteiger partial charge in [-0.2, -0.15) is 0 Å². The topological polar surface area (TPSA) is 123 Å². The SMILES string of the molecule is COc1ccc(OC)c(C=Cc2ccc(N3C(=O)[C@H]4[C@H](CC=C5[C@H]4C[C@@]4(Cl)C(=O)N(c6c(F)c(F)c(F)c(F)c6F)C(=O)[C@@]4(Cl)[C@H]5c4cc(Br)cc(OC)c4O)C3=O)cc2)c1. The molecule has 2 saturated heterocycles. The van der Waals surface area contributed by atoms with Crippen LogP contribution >= 0.6 is 39.1 Å². The predicted molar refractivity (Wildman–Crippen MR) is 216 cm³/mol. The molecule has 4 aromatic rings. The van der Waals surface area contributed by atoms with Crippen LogP contribution in [0.25, 0.3) is 12.2 Å². The highest BCUT2D eigenvalue weighted by Gasteiger charge is 2.77. The van der Waals surface area contributed by atoms with Crippen LogP contribution in [0.1, 0.15) is 35.4 Å². The first-order valence-electron chi connectivity index (χ1n) is 18.4. The molecule has 61 heavy (non-hydrogen) atoms. The van der Waals surface area contributed by atoms with Gasteiger partial charge in [-0.25, -0.2) is 26.9 Å². The maximum absolute atomic E-state index is 15.4. The van der Waals surface area contributed by atoms with Crippen LogP contribution in [0.3, 0.4) is 0 Å². The molecule has 0 spiro atoms. The van der Waals surface area contributed by atoms with Gasteiger partial charge in [0.05, 0.1) is 38.9 Å². The van der Waals surface area contributed by atoms with Crippen molar-refractivity contribution in [2.45, 2.75) is 28.5 Å². The number of allylic oxidation sites excluding steroid dienone is 2. The summed E-state index contributed by atoms with van der Waals surface area (Å²) in [7, 11) is 4.28. The number of alkyl halides is 2. The van der Waals surface area contributed by atoms with Gasteiger partial charge in [0.2, 0.25) is 17.6 Å². The summed E-state index contributed by atoms with van der Waals surface area (Å²) in [5, 5.41) is 11.6. The number of phenolic OH excluding ortho intramolecular Hbond substituents is 1. The van der Waals surface area contributed by atoms with Gasteiger partial charge in [0.25, 0.3) is 11.8 Å². The van der Waals surface area contributed by atoms with Crippen LogP contribution in [0, 0.1) is 46.8 Å². The highest BCUT2D eigenvalue weighted by atomic mass is 79.9. The van der Waals surface area contributed by atoms with E-state index in [1.807, 2.05) is 0 Å². The van der Waals surface area contributed by atoms with Gasteiger partial charge in [-0.05, 0) is 66.8 Å². The van der Waals surface area contributed by atoms with Gasteiger partial charge in [-0.1, -0.05) is 51.9 Å². The van der Waals surface area contributed by atoms with E-state index in [2.05, 4.69) is 15.9 Å². The van der Waals surface area contributed by atoms with E-state index in [1.54, 1.807) is 54.6 Å². The van der Waals surface area contributed by atoms with Crippen molar-refractivity contribution in [3.63, 3.8) is 0 Å². The van der Waals surface area contributed by atoms with Gasteiger partial charge >= 0.3 is 0 Å². The second kappa shape index (κ2) is 15.2. The van der Waals surface area contributed by atoms with Crippen LogP contribution < -0.4 is 24.0 Å². The van der Waals surface area contributed by atoms with Crippen LogP contribution in [-0.2, 0) is 19.2 Å². The second-order valence-corrected chi connectivity index (χ2v) is 16.9. The van der Waals surface area contributed by atoms with Gasteiger partial charge in [0, 0.05) is 21.5 Å². The van der Waals surface area contributed by atoms with Crippen LogP contribution in [0.5, 0.6) is 23.0 Å². The van der Waals surface area contributed by atoms with E-state index >= 15 is 8.78 Å². The summed E-state index contributed by atoms with van der Waals surface area (Å²) < 4.78 is 90.5. The maximum atomic E-state index is 15.4. The van der Waals surface area contributed by atoms with E-state index in [1.165, 1.54) is 39.5 Å². The molecule has 8 rings (SSSR count). The molecule has 4 aromatic carbocycles. The second-order valence-electron chi connectivity index (χ2n) is 14.8. The third-order valence-corrected chi connectivity index (χ3v) is 13.7. The zero-order chi connectivity index (χ0) is 44.0. The van der Waals surface area contributed by atoms with Crippen molar-refractivity contribution in [2.75, 3.05) is 31.1 Å². The van der Waals surface area contributed by atoms with E-state index < -0.39 is 104 Å². The molecule has 4 amide bonds. The van der Waals surface area contributed by atoms with E-state index in [9.17, 15) is 37.5 Å². The molecule has 1 N–H and O–H groups in total. The number of nitrogens with zero attached hydrogens (tertiary/aromatic N) is 2. The summed E-state index contributed by atoms with van der Waals surface area (Å²) in [5.41, 5.74) is -0.339. The number of carbonyl (C=O) groups is 4. The number of imide groups is 2. The molecule has 0 bridgehead atoms. The molecule has 0 unspecified atom stereocenters. The Balaban J connectivity index is 1.21. The van der Waals surface area contributed by atoms with Gasteiger partial charge in [-0.15, -0.1) is 23.2 Å². The molecule has 316 valence electrons. The normalized spacial score (nSPS) is 25.8. The van der Waals surface area contributed by atoms with Crippen molar-refractivity contribution in [2.24, 2.45) is 17.8 Å². The number of ether oxygens (including phenoxy) is 3. The number of anilines is 2. The Kier molecular flexibility index (Phi) is 10.5. The minimum Gasteiger partial charge on any atom is -0.504 e. The number of amides is 4. The van der Waals surface area contributed by atoms with Crippen LogP contribution in [0.4, 0.5) is 33.3 Å². The minimum absolute atomic E-state index is 0.102. The third kappa shape index (κ3) is 6.07. The van der Waals surface area contributed by atoms with E-state index in [-0.39, 0.29) is 38.4 Å². The van der Waals surface area contributed by atoms with Crippen LogP contribution in [0.15, 0.2) is 70.7 Å². The lowest BCUT2D eigenvalue weighted by molar-refractivity contribution is -0.125.